The third-order valence-electron chi connectivity index (χ3n) is 11.9. The Morgan fingerprint density at radius 1 is 0.190 bits per heavy atom. The van der Waals surface area contributed by atoms with Gasteiger partial charge in [0.2, 0.25) is 0 Å². The van der Waals surface area contributed by atoms with Gasteiger partial charge in [-0.2, -0.15) is 0 Å². The molecule has 0 heteroatoms. The van der Waals surface area contributed by atoms with Crippen molar-refractivity contribution in [2.45, 2.75) is 0 Å². The van der Waals surface area contributed by atoms with Gasteiger partial charge in [-0.1, -0.05) is 218 Å². The molecule has 0 aliphatic carbocycles. The summed E-state index contributed by atoms with van der Waals surface area (Å²) in [7, 11) is 0. The normalized spacial score (nSPS) is 11.4. The maximum atomic E-state index is 2.45. The van der Waals surface area contributed by atoms with Crippen LogP contribution in [0.5, 0.6) is 0 Å². The van der Waals surface area contributed by atoms with Gasteiger partial charge in [0.1, 0.15) is 0 Å². The third-order valence-corrected chi connectivity index (χ3v) is 11.9. The summed E-state index contributed by atoms with van der Waals surface area (Å²) < 4.78 is 0. The van der Waals surface area contributed by atoms with E-state index >= 15 is 0 Å². The van der Waals surface area contributed by atoms with E-state index in [1.807, 2.05) is 0 Å². The van der Waals surface area contributed by atoms with E-state index in [-0.39, 0.29) is 0 Å². The summed E-state index contributed by atoms with van der Waals surface area (Å²) in [5.74, 6) is 0. The largest absolute Gasteiger partial charge is 0.0622 e. The zero-order valence-electron chi connectivity index (χ0n) is 31.9. The van der Waals surface area contributed by atoms with Crippen LogP contribution in [0.4, 0.5) is 0 Å². The first-order chi connectivity index (χ1) is 28.8. The second kappa shape index (κ2) is 14.2. The van der Waals surface area contributed by atoms with Crippen molar-refractivity contribution in [1.29, 1.82) is 0 Å². The fourth-order valence-corrected chi connectivity index (χ4v) is 9.15. The number of hydrogen-bond acceptors (Lipinski definition) is 0. The van der Waals surface area contributed by atoms with Gasteiger partial charge in [0.05, 0.1) is 0 Å². The minimum atomic E-state index is 1.20. The van der Waals surface area contributed by atoms with E-state index in [4.69, 9.17) is 0 Å². The van der Waals surface area contributed by atoms with Crippen LogP contribution < -0.4 is 0 Å². The number of benzene rings is 11. The fraction of sp³-hybridized carbons (Fsp3) is 0. The predicted molar refractivity (Wildman–Crippen MR) is 249 cm³/mol. The summed E-state index contributed by atoms with van der Waals surface area (Å²) in [6.45, 7) is 0. The molecule has 0 heterocycles. The second-order valence-electron chi connectivity index (χ2n) is 15.2. The summed E-state index contributed by atoms with van der Waals surface area (Å²) in [6.07, 6.45) is 0. The van der Waals surface area contributed by atoms with Crippen molar-refractivity contribution in [3.05, 3.63) is 231 Å². The number of fused-ring (bicyclic) bond motifs is 4. The monoisotopic (exact) mass is 734 g/mol. The van der Waals surface area contributed by atoms with Crippen LogP contribution in [0.15, 0.2) is 231 Å². The van der Waals surface area contributed by atoms with Crippen molar-refractivity contribution in [2.75, 3.05) is 0 Å². The fourth-order valence-electron chi connectivity index (χ4n) is 9.15. The predicted octanol–water partition coefficient (Wildman–Crippen LogP) is 16.3. The zero-order chi connectivity index (χ0) is 38.4. The van der Waals surface area contributed by atoms with Crippen LogP contribution in [0.2, 0.25) is 0 Å². The second-order valence-corrected chi connectivity index (χ2v) is 15.2. The summed E-state index contributed by atoms with van der Waals surface area (Å²) in [5, 5.41) is 10.0. The number of rotatable bonds is 6. The van der Waals surface area contributed by atoms with Gasteiger partial charge in [-0.15, -0.1) is 0 Å². The van der Waals surface area contributed by atoms with Crippen LogP contribution in [-0.2, 0) is 0 Å². The zero-order valence-corrected chi connectivity index (χ0v) is 31.9. The molecule has 0 aromatic heterocycles. The maximum absolute atomic E-state index is 2.45. The van der Waals surface area contributed by atoms with Crippen LogP contribution in [-0.4, -0.2) is 0 Å². The van der Waals surface area contributed by atoms with E-state index in [0.29, 0.717) is 0 Å². The molecule has 0 aliphatic rings. The Morgan fingerprint density at radius 3 is 1.34 bits per heavy atom. The highest BCUT2D eigenvalue weighted by atomic mass is 14.2. The molecule has 0 amide bonds. The Hall–Kier alpha value is -7.54. The molecule has 0 nitrogen and oxygen atoms in total. The van der Waals surface area contributed by atoms with Gasteiger partial charge in [0.25, 0.3) is 0 Å². The molecular formula is C58H38. The molecule has 0 aliphatic heterocycles. The molecule has 270 valence electrons. The van der Waals surface area contributed by atoms with Crippen LogP contribution in [0.25, 0.3) is 110 Å². The van der Waals surface area contributed by atoms with Gasteiger partial charge < -0.3 is 0 Å². The Morgan fingerprint density at radius 2 is 0.655 bits per heavy atom. The Bertz CT molecular complexity index is 3240. The topological polar surface area (TPSA) is 0 Å². The van der Waals surface area contributed by atoms with Crippen molar-refractivity contribution < 1.29 is 0 Å². The van der Waals surface area contributed by atoms with E-state index in [9.17, 15) is 0 Å². The lowest BCUT2D eigenvalue weighted by atomic mass is 9.83. The standard InChI is InChI=1S/C58H38/c1-4-16-41(17-5-1)49-25-14-26-51-48(35-36-50(58(49)51)42-18-6-2-7-19-42)47-33-34-54-55(38-47)57(43-20-8-3-9-21-43)53-24-13-12-23-52(53)56(54)44-30-27-40(28-31-44)46-32-29-39-15-10-11-22-45(39)37-46/h1-38H. The lowest BCUT2D eigenvalue weighted by molar-refractivity contribution is 1.61. The highest BCUT2D eigenvalue weighted by Gasteiger charge is 2.19. The van der Waals surface area contributed by atoms with E-state index < -0.39 is 0 Å². The molecule has 58 heavy (non-hydrogen) atoms. The van der Waals surface area contributed by atoms with Crippen LogP contribution in [0.1, 0.15) is 0 Å². The lowest BCUT2D eigenvalue weighted by Gasteiger charge is -2.20. The average Bonchev–Trinajstić information content (AvgIpc) is 3.31. The Balaban J connectivity index is 1.15. The molecule has 0 saturated heterocycles. The highest BCUT2D eigenvalue weighted by molar-refractivity contribution is 6.22. The summed E-state index contributed by atoms with van der Waals surface area (Å²) >= 11 is 0. The molecular weight excluding hydrogens is 697 g/mol. The molecule has 0 saturated carbocycles. The maximum Gasteiger partial charge on any atom is -0.00206 e. The summed E-state index contributed by atoms with van der Waals surface area (Å²) in [5.41, 5.74) is 14.7. The number of hydrogen-bond donors (Lipinski definition) is 0. The first-order valence-corrected chi connectivity index (χ1v) is 20.1. The molecule has 0 bridgehead atoms. The average molecular weight is 735 g/mol. The summed E-state index contributed by atoms with van der Waals surface area (Å²) in [6, 6.07) is 84.6. The smallest absolute Gasteiger partial charge is 0.00206 e. The van der Waals surface area contributed by atoms with Gasteiger partial charge in [-0.05, 0) is 122 Å². The van der Waals surface area contributed by atoms with E-state index in [1.165, 1.54) is 110 Å². The third kappa shape index (κ3) is 5.78. The quantitative estimate of drug-likeness (QED) is 0.149. The molecule has 0 spiro atoms. The van der Waals surface area contributed by atoms with Gasteiger partial charge in [0.15, 0.2) is 0 Å². The molecule has 0 fully saturated rings. The van der Waals surface area contributed by atoms with Crippen molar-refractivity contribution in [2.24, 2.45) is 0 Å². The van der Waals surface area contributed by atoms with Gasteiger partial charge >= 0.3 is 0 Å². The molecule has 11 rings (SSSR count). The Labute approximate surface area is 339 Å². The van der Waals surface area contributed by atoms with Gasteiger partial charge in [-0.25, -0.2) is 0 Å². The van der Waals surface area contributed by atoms with Gasteiger partial charge in [0, 0.05) is 0 Å². The molecule has 0 atom stereocenters. The SMILES string of the molecule is c1ccc(-c2c3ccccc3c(-c3ccc(-c4ccc5ccccc5c4)cc3)c3ccc(-c4ccc(-c5ccccc5)c5c(-c6ccccc6)cccc45)cc23)cc1. The van der Waals surface area contributed by atoms with Crippen molar-refractivity contribution in [1.82, 2.24) is 0 Å². The van der Waals surface area contributed by atoms with Crippen molar-refractivity contribution in [3.8, 4) is 66.8 Å². The molecule has 0 radical (unpaired) electrons. The van der Waals surface area contributed by atoms with E-state index in [2.05, 4.69) is 231 Å². The molecule has 0 unspecified atom stereocenters. The minimum absolute atomic E-state index is 1.20. The Kier molecular flexibility index (Phi) is 8.26. The van der Waals surface area contributed by atoms with Crippen LogP contribution in [0.3, 0.4) is 0 Å². The first kappa shape index (κ1) is 33.8. The van der Waals surface area contributed by atoms with E-state index in [0.717, 1.165) is 0 Å². The summed E-state index contributed by atoms with van der Waals surface area (Å²) in [4.78, 5) is 0. The highest BCUT2D eigenvalue weighted by Crippen LogP contribution is 2.47. The first-order valence-electron chi connectivity index (χ1n) is 20.1. The van der Waals surface area contributed by atoms with Crippen molar-refractivity contribution >= 4 is 43.1 Å². The van der Waals surface area contributed by atoms with Crippen LogP contribution >= 0.6 is 0 Å². The van der Waals surface area contributed by atoms with Crippen LogP contribution in [0, 0.1) is 0 Å². The molecule has 11 aromatic carbocycles. The van der Waals surface area contributed by atoms with E-state index in [1.54, 1.807) is 0 Å². The minimum Gasteiger partial charge on any atom is -0.0622 e. The van der Waals surface area contributed by atoms with Gasteiger partial charge in [-0.3, -0.25) is 0 Å². The van der Waals surface area contributed by atoms with Crippen molar-refractivity contribution in [3.63, 3.8) is 0 Å². The molecule has 0 N–H and O–H groups in total. The molecule has 11 aromatic rings. The lowest BCUT2D eigenvalue weighted by Crippen LogP contribution is -1.93.